The van der Waals surface area contributed by atoms with Gasteiger partial charge >= 0.3 is 0 Å². The number of nitrogens with zero attached hydrogens (tertiary/aromatic N) is 2. The van der Waals surface area contributed by atoms with Gasteiger partial charge in [-0.1, -0.05) is 25.4 Å². The number of oxime groups is 1. The van der Waals surface area contributed by atoms with Gasteiger partial charge in [0.25, 0.3) is 0 Å². The zero-order chi connectivity index (χ0) is 12.0. The Kier molecular flexibility index (Phi) is 5.11. The molecule has 1 unspecified atom stereocenters. The van der Waals surface area contributed by atoms with E-state index in [0.29, 0.717) is 11.6 Å². The number of nitrogens with two attached hydrogens (primary N) is 1. The zero-order valence-corrected chi connectivity index (χ0v) is 10.4. The van der Waals surface area contributed by atoms with Gasteiger partial charge < -0.3 is 10.9 Å². The number of amidine groups is 1. The van der Waals surface area contributed by atoms with Crippen LogP contribution in [0.4, 0.5) is 0 Å². The van der Waals surface area contributed by atoms with Crippen LogP contribution in [0.2, 0.25) is 0 Å². The standard InChI is InChI=1S/C11H17N3OS/c1-3-8(2)7-16-9-4-5-13-10(6-9)11(12)14-15/h4-6,8,15H,3,7H2,1-2H3,(H2,12,14). The van der Waals surface area contributed by atoms with Crippen molar-refractivity contribution in [1.29, 1.82) is 0 Å². The first-order valence-electron chi connectivity index (χ1n) is 5.24. The third kappa shape index (κ3) is 3.73. The molecule has 1 aromatic rings. The Morgan fingerprint density at radius 3 is 3.06 bits per heavy atom. The van der Waals surface area contributed by atoms with Gasteiger partial charge in [-0.2, -0.15) is 0 Å². The Labute approximate surface area is 99.9 Å². The van der Waals surface area contributed by atoms with Crippen molar-refractivity contribution in [2.75, 3.05) is 5.75 Å². The van der Waals surface area contributed by atoms with Gasteiger partial charge in [-0.05, 0) is 18.1 Å². The van der Waals surface area contributed by atoms with E-state index in [1.165, 1.54) is 6.42 Å². The Bertz CT molecular complexity index is 368. The maximum Gasteiger partial charge on any atom is 0.188 e. The molecule has 0 aliphatic carbocycles. The molecular formula is C11H17N3OS. The average Bonchev–Trinajstić information content (AvgIpc) is 2.35. The number of pyridine rings is 1. The molecule has 0 bridgehead atoms. The maximum absolute atomic E-state index is 8.55. The topological polar surface area (TPSA) is 71.5 Å². The molecule has 16 heavy (non-hydrogen) atoms. The van der Waals surface area contributed by atoms with E-state index in [1.54, 1.807) is 18.0 Å². The first-order valence-corrected chi connectivity index (χ1v) is 6.22. The molecule has 0 spiro atoms. The highest BCUT2D eigenvalue weighted by Gasteiger charge is 2.04. The van der Waals surface area contributed by atoms with Crippen LogP contribution in [0.3, 0.4) is 0 Å². The van der Waals surface area contributed by atoms with Crippen molar-refractivity contribution in [1.82, 2.24) is 4.98 Å². The van der Waals surface area contributed by atoms with Crippen molar-refractivity contribution in [3.8, 4) is 0 Å². The van der Waals surface area contributed by atoms with Gasteiger partial charge in [0.05, 0.1) is 0 Å². The van der Waals surface area contributed by atoms with E-state index in [0.717, 1.165) is 10.6 Å². The van der Waals surface area contributed by atoms with Gasteiger partial charge in [0, 0.05) is 16.8 Å². The smallest absolute Gasteiger partial charge is 0.188 e. The highest BCUT2D eigenvalue weighted by molar-refractivity contribution is 7.99. The van der Waals surface area contributed by atoms with Gasteiger partial charge in [-0.3, -0.25) is 4.98 Å². The number of rotatable bonds is 5. The highest BCUT2D eigenvalue weighted by atomic mass is 32.2. The Morgan fingerprint density at radius 2 is 2.44 bits per heavy atom. The molecule has 5 heteroatoms. The monoisotopic (exact) mass is 239 g/mol. The second-order valence-electron chi connectivity index (χ2n) is 3.69. The Morgan fingerprint density at radius 1 is 1.69 bits per heavy atom. The summed E-state index contributed by atoms with van der Waals surface area (Å²) >= 11 is 1.76. The van der Waals surface area contributed by atoms with Crippen LogP contribution in [-0.2, 0) is 0 Å². The fourth-order valence-electron chi connectivity index (χ4n) is 1.05. The van der Waals surface area contributed by atoms with Gasteiger partial charge in [0.15, 0.2) is 5.84 Å². The van der Waals surface area contributed by atoms with Crippen molar-refractivity contribution in [2.45, 2.75) is 25.2 Å². The van der Waals surface area contributed by atoms with Gasteiger partial charge in [-0.15, -0.1) is 11.8 Å². The number of thioether (sulfide) groups is 1. The lowest BCUT2D eigenvalue weighted by Gasteiger charge is -2.08. The minimum absolute atomic E-state index is 0.0472. The first-order chi connectivity index (χ1) is 7.67. The summed E-state index contributed by atoms with van der Waals surface area (Å²) in [6, 6.07) is 3.77. The summed E-state index contributed by atoms with van der Waals surface area (Å²) in [6.45, 7) is 4.40. The Balaban J connectivity index is 2.68. The molecule has 0 saturated carbocycles. The van der Waals surface area contributed by atoms with E-state index < -0.39 is 0 Å². The zero-order valence-electron chi connectivity index (χ0n) is 9.55. The number of hydrogen-bond acceptors (Lipinski definition) is 4. The summed E-state index contributed by atoms with van der Waals surface area (Å²) in [5.74, 6) is 1.80. The average molecular weight is 239 g/mol. The highest BCUT2D eigenvalue weighted by Crippen LogP contribution is 2.21. The van der Waals surface area contributed by atoms with Crippen LogP contribution in [0.5, 0.6) is 0 Å². The van der Waals surface area contributed by atoms with Crippen molar-refractivity contribution in [3.63, 3.8) is 0 Å². The van der Waals surface area contributed by atoms with E-state index in [4.69, 9.17) is 10.9 Å². The molecule has 1 rings (SSSR count). The van der Waals surface area contributed by atoms with Gasteiger partial charge in [0.2, 0.25) is 0 Å². The van der Waals surface area contributed by atoms with E-state index in [1.807, 2.05) is 12.1 Å². The normalized spacial score (nSPS) is 13.8. The number of aromatic nitrogens is 1. The van der Waals surface area contributed by atoms with Crippen LogP contribution in [0.15, 0.2) is 28.4 Å². The van der Waals surface area contributed by atoms with Gasteiger partial charge in [0.1, 0.15) is 5.69 Å². The van der Waals surface area contributed by atoms with Crippen molar-refractivity contribution in [3.05, 3.63) is 24.0 Å². The quantitative estimate of drug-likeness (QED) is 0.272. The van der Waals surface area contributed by atoms with E-state index in [9.17, 15) is 0 Å². The molecular weight excluding hydrogens is 222 g/mol. The summed E-state index contributed by atoms with van der Waals surface area (Å²) in [5, 5.41) is 11.5. The fraction of sp³-hybridized carbons (Fsp3) is 0.455. The summed E-state index contributed by atoms with van der Waals surface area (Å²) in [7, 11) is 0. The minimum Gasteiger partial charge on any atom is -0.409 e. The van der Waals surface area contributed by atoms with Crippen LogP contribution >= 0.6 is 11.8 Å². The second kappa shape index (κ2) is 6.37. The molecule has 0 radical (unpaired) electrons. The molecule has 0 fully saturated rings. The molecule has 0 amide bonds. The fourth-order valence-corrected chi connectivity index (χ4v) is 2.11. The maximum atomic E-state index is 8.55. The molecule has 0 aliphatic heterocycles. The van der Waals surface area contributed by atoms with Crippen LogP contribution in [-0.4, -0.2) is 21.8 Å². The molecule has 1 heterocycles. The third-order valence-electron chi connectivity index (χ3n) is 2.33. The summed E-state index contributed by atoms with van der Waals surface area (Å²) in [5.41, 5.74) is 5.98. The molecule has 3 N–H and O–H groups in total. The third-order valence-corrected chi connectivity index (χ3v) is 3.66. The molecule has 88 valence electrons. The number of hydrogen-bond donors (Lipinski definition) is 2. The molecule has 0 saturated heterocycles. The van der Waals surface area contributed by atoms with E-state index >= 15 is 0 Å². The lowest BCUT2D eigenvalue weighted by Crippen LogP contribution is -2.14. The predicted molar refractivity (Wildman–Crippen MR) is 66.9 cm³/mol. The largest absolute Gasteiger partial charge is 0.409 e. The summed E-state index contributed by atoms with van der Waals surface area (Å²) < 4.78 is 0. The van der Waals surface area contributed by atoms with Crippen molar-refractivity contribution in [2.24, 2.45) is 16.8 Å². The van der Waals surface area contributed by atoms with Crippen LogP contribution < -0.4 is 5.73 Å². The van der Waals surface area contributed by atoms with Crippen LogP contribution in [0.25, 0.3) is 0 Å². The summed E-state index contributed by atoms with van der Waals surface area (Å²) in [4.78, 5) is 5.12. The van der Waals surface area contributed by atoms with E-state index in [-0.39, 0.29) is 5.84 Å². The van der Waals surface area contributed by atoms with Crippen LogP contribution in [0.1, 0.15) is 26.0 Å². The molecule has 1 aromatic heterocycles. The molecule has 1 atom stereocenters. The minimum atomic E-state index is 0.0472. The summed E-state index contributed by atoms with van der Waals surface area (Å²) in [6.07, 6.45) is 2.84. The molecule has 0 aromatic carbocycles. The van der Waals surface area contributed by atoms with Crippen molar-refractivity contribution < 1.29 is 5.21 Å². The molecule has 0 aliphatic rings. The Hall–Kier alpha value is -1.23. The lowest BCUT2D eigenvalue weighted by atomic mass is 10.2. The lowest BCUT2D eigenvalue weighted by molar-refractivity contribution is 0.318. The predicted octanol–water partition coefficient (Wildman–Crippen LogP) is 2.31. The first kappa shape index (κ1) is 12.8. The second-order valence-corrected chi connectivity index (χ2v) is 4.78. The van der Waals surface area contributed by atoms with E-state index in [2.05, 4.69) is 24.0 Å². The van der Waals surface area contributed by atoms with Gasteiger partial charge in [-0.25, -0.2) is 0 Å². The molecule has 4 nitrogen and oxygen atoms in total. The van der Waals surface area contributed by atoms with Crippen LogP contribution in [0, 0.1) is 5.92 Å². The SMILES string of the molecule is CCC(C)CSc1ccnc(/C(N)=N/O)c1. The van der Waals surface area contributed by atoms with Crippen molar-refractivity contribution >= 4 is 17.6 Å².